The second kappa shape index (κ2) is 14.0. The van der Waals surface area contributed by atoms with Crippen LogP contribution in [0, 0.1) is 5.92 Å². The number of ether oxygens (including phenoxy) is 2. The third-order valence-corrected chi connectivity index (χ3v) is 12.3. The summed E-state index contributed by atoms with van der Waals surface area (Å²) in [5.74, 6) is 1.51. The van der Waals surface area contributed by atoms with Crippen LogP contribution in [0.2, 0.25) is 10.0 Å². The number of likely N-dealkylation sites (tertiary alicyclic amines) is 1. The van der Waals surface area contributed by atoms with Crippen molar-refractivity contribution in [2.45, 2.75) is 68.3 Å². The van der Waals surface area contributed by atoms with E-state index >= 15 is 0 Å². The number of anilines is 1. The molecule has 246 valence electrons. The molecule has 3 aromatic carbocycles. The Bertz CT molecular complexity index is 1690. The molecule has 0 radical (unpaired) electrons. The van der Waals surface area contributed by atoms with Crippen molar-refractivity contribution in [3.63, 3.8) is 0 Å². The zero-order valence-electron chi connectivity index (χ0n) is 26.3. The summed E-state index contributed by atoms with van der Waals surface area (Å²) in [7, 11) is -1.10. The third-order valence-electron chi connectivity index (χ3n) is 9.71. The Kier molecular flexibility index (Phi) is 10.0. The quantitative estimate of drug-likeness (QED) is 0.238. The topological polar surface area (TPSA) is 88.2 Å². The number of para-hydroxylation sites is 1. The summed E-state index contributed by atoms with van der Waals surface area (Å²) in [6, 6.07) is 14.3. The van der Waals surface area contributed by atoms with Crippen molar-refractivity contribution < 1.29 is 22.7 Å². The first-order chi connectivity index (χ1) is 22.2. The molecule has 46 heavy (non-hydrogen) atoms. The zero-order valence-corrected chi connectivity index (χ0v) is 28.6. The molecule has 8 nitrogen and oxygen atoms in total. The van der Waals surface area contributed by atoms with Crippen LogP contribution in [-0.4, -0.2) is 59.1 Å². The van der Waals surface area contributed by atoms with E-state index in [2.05, 4.69) is 10.2 Å². The van der Waals surface area contributed by atoms with E-state index in [1.165, 1.54) is 61.4 Å². The van der Waals surface area contributed by atoms with Crippen LogP contribution >= 0.6 is 23.2 Å². The van der Waals surface area contributed by atoms with Gasteiger partial charge >= 0.3 is 0 Å². The number of hydrogen-bond acceptors (Lipinski definition) is 6. The second-order valence-electron chi connectivity index (χ2n) is 12.5. The molecule has 0 bridgehead atoms. The first kappa shape index (κ1) is 32.9. The van der Waals surface area contributed by atoms with Crippen LogP contribution in [0.15, 0.2) is 59.5 Å². The minimum absolute atomic E-state index is 0.0207. The normalized spacial score (nSPS) is 21.4. The molecule has 2 aliphatic heterocycles. The number of nitrogens with zero attached hydrogens (tertiary/aromatic N) is 2. The standard InChI is InChI=1S/C35H41Cl2N3O5S/c1-44-25-19-28-32(22-34(41)38-24-11-9-23(10-12-24)15-18-39-16-5-6-17-39)40(46(42,43)26-13-14-29(36)30(37)21-26)31-8-4-3-7-27(31)35(28)33(20-25)45-2/h3-4,7-8,13-14,19-21,23-24,32H,5-6,9-12,15-18,22H2,1-2H3,(H,38,41). The van der Waals surface area contributed by atoms with Gasteiger partial charge < -0.3 is 19.7 Å². The molecule has 1 amide bonds. The fourth-order valence-corrected chi connectivity index (χ4v) is 9.32. The van der Waals surface area contributed by atoms with E-state index in [4.69, 9.17) is 32.7 Å². The summed E-state index contributed by atoms with van der Waals surface area (Å²) < 4.78 is 41.8. The van der Waals surface area contributed by atoms with Crippen molar-refractivity contribution >= 4 is 44.8 Å². The van der Waals surface area contributed by atoms with Gasteiger partial charge in [-0.05, 0) is 106 Å². The zero-order chi connectivity index (χ0) is 32.4. The Hall–Kier alpha value is -2.98. The molecule has 1 saturated carbocycles. The minimum Gasteiger partial charge on any atom is -0.497 e. The maximum atomic E-state index is 14.5. The SMILES string of the molecule is COc1cc(OC)c2c(c1)C(CC(=O)NC1CCC(CCN3CCCC3)CC1)N(S(=O)(=O)c1ccc(Cl)c(Cl)c1)c1ccccc1-2. The fraction of sp³-hybridized carbons (Fsp3) is 0.457. The molecule has 1 N–H and O–H groups in total. The van der Waals surface area contributed by atoms with E-state index in [9.17, 15) is 13.2 Å². The van der Waals surface area contributed by atoms with Crippen LogP contribution in [0.25, 0.3) is 11.1 Å². The predicted molar refractivity (Wildman–Crippen MR) is 183 cm³/mol. The van der Waals surface area contributed by atoms with Crippen LogP contribution < -0.4 is 19.1 Å². The van der Waals surface area contributed by atoms with E-state index in [1.54, 1.807) is 38.5 Å². The molecule has 0 aromatic heterocycles. The van der Waals surface area contributed by atoms with Crippen molar-refractivity contribution in [1.82, 2.24) is 10.2 Å². The largest absolute Gasteiger partial charge is 0.497 e. The van der Waals surface area contributed by atoms with Crippen LogP contribution in [0.4, 0.5) is 5.69 Å². The Labute approximate surface area is 282 Å². The number of nitrogens with one attached hydrogen (secondary N) is 1. The van der Waals surface area contributed by atoms with Crippen molar-refractivity contribution in [2.75, 3.05) is 38.2 Å². The van der Waals surface area contributed by atoms with E-state index in [-0.39, 0.29) is 33.3 Å². The van der Waals surface area contributed by atoms with Crippen molar-refractivity contribution in [3.8, 4) is 22.6 Å². The summed E-state index contributed by atoms with van der Waals surface area (Å²) in [5.41, 5.74) is 2.47. The maximum absolute atomic E-state index is 14.5. The van der Waals surface area contributed by atoms with Gasteiger partial charge in [-0.15, -0.1) is 0 Å². The Balaban J connectivity index is 1.30. The van der Waals surface area contributed by atoms with E-state index < -0.39 is 16.1 Å². The van der Waals surface area contributed by atoms with Gasteiger partial charge in [0.05, 0.1) is 47.3 Å². The molecule has 1 atom stereocenters. The minimum atomic E-state index is -4.22. The van der Waals surface area contributed by atoms with Crippen molar-refractivity contribution in [3.05, 3.63) is 70.2 Å². The van der Waals surface area contributed by atoms with Gasteiger partial charge in [0.25, 0.3) is 10.0 Å². The fourth-order valence-electron chi connectivity index (χ4n) is 7.28. The molecular formula is C35H41Cl2N3O5S. The molecule has 1 saturated heterocycles. The highest BCUT2D eigenvalue weighted by molar-refractivity contribution is 7.92. The van der Waals surface area contributed by atoms with E-state index in [1.807, 2.05) is 12.1 Å². The first-order valence-corrected chi connectivity index (χ1v) is 18.3. The number of benzene rings is 3. The van der Waals surface area contributed by atoms with Crippen molar-refractivity contribution in [1.29, 1.82) is 0 Å². The molecule has 11 heteroatoms. The summed E-state index contributed by atoms with van der Waals surface area (Å²) >= 11 is 12.5. The average Bonchev–Trinajstić information content (AvgIpc) is 3.59. The molecule has 3 aromatic rings. The maximum Gasteiger partial charge on any atom is 0.264 e. The monoisotopic (exact) mass is 685 g/mol. The Morgan fingerprint density at radius 1 is 0.935 bits per heavy atom. The van der Waals surface area contributed by atoms with Crippen molar-refractivity contribution in [2.24, 2.45) is 5.92 Å². The summed E-state index contributed by atoms with van der Waals surface area (Å²) in [5, 5.41) is 3.63. The lowest BCUT2D eigenvalue weighted by Crippen LogP contribution is -2.43. The van der Waals surface area contributed by atoms with Crippen LogP contribution in [0.1, 0.15) is 63.0 Å². The number of sulfonamides is 1. The first-order valence-electron chi connectivity index (χ1n) is 16.1. The Morgan fingerprint density at radius 2 is 1.67 bits per heavy atom. The smallest absolute Gasteiger partial charge is 0.264 e. The highest BCUT2D eigenvalue weighted by atomic mass is 35.5. The Morgan fingerprint density at radius 3 is 2.37 bits per heavy atom. The van der Waals surface area contributed by atoms with Crippen LogP contribution in [0.3, 0.4) is 0 Å². The number of rotatable bonds is 10. The molecule has 1 aliphatic carbocycles. The number of amides is 1. The number of halogens is 2. The van der Waals surface area contributed by atoms with Gasteiger partial charge in [-0.3, -0.25) is 9.10 Å². The summed E-state index contributed by atoms with van der Waals surface area (Å²) in [4.78, 5) is 16.4. The number of hydrogen-bond donors (Lipinski definition) is 1. The molecule has 3 aliphatic rings. The second-order valence-corrected chi connectivity index (χ2v) is 15.2. The highest BCUT2D eigenvalue weighted by Gasteiger charge is 2.42. The number of carbonyl (C=O) groups is 1. The van der Waals surface area contributed by atoms with Gasteiger partial charge in [-0.1, -0.05) is 41.4 Å². The molecule has 6 rings (SSSR count). The lowest BCUT2D eigenvalue weighted by Gasteiger charge is -2.40. The van der Waals surface area contributed by atoms with E-state index in [0.29, 0.717) is 34.2 Å². The third kappa shape index (κ3) is 6.70. The molecular weight excluding hydrogens is 645 g/mol. The van der Waals surface area contributed by atoms with Gasteiger partial charge in [-0.2, -0.15) is 0 Å². The van der Waals surface area contributed by atoms with E-state index in [0.717, 1.165) is 31.2 Å². The predicted octanol–water partition coefficient (Wildman–Crippen LogP) is 7.48. The molecule has 0 spiro atoms. The molecule has 2 fully saturated rings. The summed E-state index contributed by atoms with van der Waals surface area (Å²) in [6.07, 6.45) is 7.76. The van der Waals surface area contributed by atoms with Gasteiger partial charge in [0.15, 0.2) is 0 Å². The summed E-state index contributed by atoms with van der Waals surface area (Å²) in [6.45, 7) is 3.60. The number of fused-ring (bicyclic) bond motifs is 3. The lowest BCUT2D eigenvalue weighted by atomic mass is 9.83. The van der Waals surface area contributed by atoms with Gasteiger partial charge in [0.1, 0.15) is 11.5 Å². The number of methoxy groups -OCH3 is 2. The highest BCUT2D eigenvalue weighted by Crippen LogP contribution is 2.53. The van der Waals surface area contributed by atoms with Gasteiger partial charge in [0.2, 0.25) is 5.91 Å². The lowest BCUT2D eigenvalue weighted by molar-refractivity contribution is -0.122. The molecule has 1 unspecified atom stereocenters. The van der Waals surface area contributed by atoms with Gasteiger partial charge in [0, 0.05) is 23.2 Å². The number of carbonyl (C=O) groups excluding carboxylic acids is 1. The van der Waals surface area contributed by atoms with Crippen LogP contribution in [0.5, 0.6) is 11.5 Å². The average molecular weight is 687 g/mol. The van der Waals surface area contributed by atoms with Gasteiger partial charge in [-0.25, -0.2) is 8.42 Å². The van der Waals surface area contributed by atoms with Crippen LogP contribution in [-0.2, 0) is 14.8 Å². The molecule has 2 heterocycles.